The molecule has 2 N–H and O–H groups in total. The van der Waals surface area contributed by atoms with Crippen molar-refractivity contribution in [2.24, 2.45) is 5.92 Å². The van der Waals surface area contributed by atoms with Gasteiger partial charge in [0.05, 0.1) is 24.0 Å². The first-order valence-corrected chi connectivity index (χ1v) is 6.55. The number of aromatic nitrogens is 4. The molecule has 0 spiro atoms. The Bertz CT molecular complexity index is 660. The molecule has 2 aliphatic rings. The predicted molar refractivity (Wildman–Crippen MR) is 66.5 cm³/mol. The van der Waals surface area contributed by atoms with Crippen LogP contribution in [0.4, 0.5) is 14.6 Å². The van der Waals surface area contributed by atoms with E-state index < -0.39 is 17.4 Å². The normalized spacial score (nSPS) is 31.0. The van der Waals surface area contributed by atoms with Gasteiger partial charge in [-0.1, -0.05) is 0 Å². The van der Waals surface area contributed by atoms with E-state index in [1.807, 2.05) is 0 Å². The maximum Gasteiger partial charge on any atom is 0.284 e. The number of hydrogen-bond acceptors (Lipinski definition) is 5. The molecule has 1 aliphatic heterocycles. The topological polar surface area (TPSA) is 75.7 Å². The molecule has 0 radical (unpaired) electrons. The van der Waals surface area contributed by atoms with Gasteiger partial charge in [0.1, 0.15) is 12.1 Å². The largest absolute Gasteiger partial charge is 0.366 e. The summed E-state index contributed by atoms with van der Waals surface area (Å²) in [6.07, 6.45) is 4.14. The van der Waals surface area contributed by atoms with Gasteiger partial charge in [0.15, 0.2) is 11.2 Å². The third-order valence-electron chi connectivity index (χ3n) is 4.24. The number of ether oxygens (including phenoxy) is 1. The van der Waals surface area contributed by atoms with E-state index in [-0.39, 0.29) is 6.54 Å². The maximum absolute atomic E-state index is 13.9. The van der Waals surface area contributed by atoms with Crippen molar-refractivity contribution in [1.29, 1.82) is 0 Å². The molecule has 1 saturated carbocycles. The quantitative estimate of drug-likeness (QED) is 0.893. The van der Waals surface area contributed by atoms with Crippen LogP contribution in [0.25, 0.3) is 11.0 Å². The van der Waals surface area contributed by atoms with Crippen molar-refractivity contribution in [2.45, 2.75) is 24.4 Å². The van der Waals surface area contributed by atoms with Gasteiger partial charge in [-0.3, -0.25) is 5.10 Å². The highest BCUT2D eigenvalue weighted by Crippen LogP contribution is 2.64. The Labute approximate surface area is 112 Å². The fourth-order valence-corrected chi connectivity index (χ4v) is 3.07. The highest BCUT2D eigenvalue weighted by atomic mass is 19.3. The molecule has 2 atom stereocenters. The Kier molecular flexibility index (Phi) is 2.30. The zero-order chi connectivity index (χ0) is 13.8. The summed E-state index contributed by atoms with van der Waals surface area (Å²) in [4.78, 5) is 8.08. The van der Waals surface area contributed by atoms with Crippen LogP contribution in [0.2, 0.25) is 0 Å². The van der Waals surface area contributed by atoms with Crippen LogP contribution in [-0.4, -0.2) is 44.8 Å². The van der Waals surface area contributed by atoms with Crippen LogP contribution in [0, 0.1) is 5.92 Å². The average Bonchev–Trinajstić information content (AvgIpc) is 2.81. The van der Waals surface area contributed by atoms with E-state index in [0.29, 0.717) is 36.3 Å². The van der Waals surface area contributed by atoms with Gasteiger partial charge in [-0.2, -0.15) is 5.10 Å². The van der Waals surface area contributed by atoms with Crippen molar-refractivity contribution >= 4 is 16.9 Å². The third kappa shape index (κ3) is 1.42. The molecule has 20 heavy (non-hydrogen) atoms. The molecule has 1 aliphatic carbocycles. The molecule has 2 aromatic heterocycles. The van der Waals surface area contributed by atoms with Crippen molar-refractivity contribution in [1.82, 2.24) is 20.2 Å². The number of rotatable bonds is 3. The highest BCUT2D eigenvalue weighted by Gasteiger charge is 2.82. The summed E-state index contributed by atoms with van der Waals surface area (Å²) in [5.41, 5.74) is -0.796. The molecule has 4 rings (SSSR count). The number of aromatic amines is 1. The van der Waals surface area contributed by atoms with Crippen molar-refractivity contribution in [3.63, 3.8) is 0 Å². The van der Waals surface area contributed by atoms with Crippen LogP contribution in [0.3, 0.4) is 0 Å². The van der Waals surface area contributed by atoms with E-state index in [9.17, 15) is 8.78 Å². The number of alkyl halides is 2. The van der Waals surface area contributed by atoms with Gasteiger partial charge >= 0.3 is 0 Å². The van der Waals surface area contributed by atoms with Crippen molar-refractivity contribution in [3.05, 3.63) is 12.5 Å². The lowest BCUT2D eigenvalue weighted by Crippen LogP contribution is -2.34. The molecule has 0 aromatic carbocycles. The van der Waals surface area contributed by atoms with Gasteiger partial charge in [0, 0.05) is 6.61 Å². The molecule has 1 saturated heterocycles. The number of nitrogens with one attached hydrogen (secondary N) is 2. The number of fused-ring (bicyclic) bond motifs is 2. The molecule has 0 bridgehead atoms. The third-order valence-corrected chi connectivity index (χ3v) is 4.24. The summed E-state index contributed by atoms with van der Waals surface area (Å²) in [5, 5.41) is 10.2. The first-order valence-electron chi connectivity index (χ1n) is 6.55. The summed E-state index contributed by atoms with van der Waals surface area (Å²) < 4.78 is 33.2. The van der Waals surface area contributed by atoms with E-state index in [1.165, 1.54) is 6.33 Å². The number of halogens is 2. The summed E-state index contributed by atoms with van der Waals surface area (Å²) in [5.74, 6) is -2.94. The molecule has 2 aromatic rings. The molecule has 0 unspecified atom stereocenters. The second-order valence-corrected chi connectivity index (χ2v) is 5.26. The smallest absolute Gasteiger partial charge is 0.284 e. The van der Waals surface area contributed by atoms with Crippen molar-refractivity contribution in [2.75, 3.05) is 18.5 Å². The van der Waals surface area contributed by atoms with Gasteiger partial charge < -0.3 is 10.1 Å². The molecule has 6 nitrogen and oxygen atoms in total. The van der Waals surface area contributed by atoms with Crippen molar-refractivity contribution < 1.29 is 13.5 Å². The molecule has 2 fully saturated rings. The highest BCUT2D eigenvalue weighted by molar-refractivity contribution is 5.85. The second kappa shape index (κ2) is 3.85. The van der Waals surface area contributed by atoms with Gasteiger partial charge in [0.2, 0.25) is 0 Å². The predicted octanol–water partition coefficient (Wildman–Crippen LogP) is 1.58. The summed E-state index contributed by atoms with van der Waals surface area (Å²) in [6.45, 7) is 0.431. The lowest BCUT2D eigenvalue weighted by molar-refractivity contribution is -0.0519. The van der Waals surface area contributed by atoms with Gasteiger partial charge in [0.25, 0.3) is 5.92 Å². The summed E-state index contributed by atoms with van der Waals surface area (Å²) in [6, 6.07) is 0. The van der Waals surface area contributed by atoms with Crippen LogP contribution >= 0.6 is 0 Å². The second-order valence-electron chi connectivity index (χ2n) is 5.26. The van der Waals surface area contributed by atoms with Gasteiger partial charge in [-0.05, 0) is 12.8 Å². The van der Waals surface area contributed by atoms with E-state index in [1.54, 1.807) is 6.20 Å². The number of nitrogens with zero attached hydrogens (tertiary/aromatic N) is 3. The monoisotopic (exact) mass is 281 g/mol. The minimum absolute atomic E-state index is 0.0436. The van der Waals surface area contributed by atoms with Crippen LogP contribution in [0.5, 0.6) is 0 Å². The average molecular weight is 281 g/mol. The van der Waals surface area contributed by atoms with Crippen LogP contribution in [0.15, 0.2) is 12.5 Å². The Morgan fingerprint density at radius 3 is 3.20 bits per heavy atom. The SMILES string of the molecule is FC1(F)[C@@H]2CCCO[C@@]21CNc1ncnc2[nH]ncc12. The summed E-state index contributed by atoms with van der Waals surface area (Å²) in [7, 11) is 0. The standard InChI is InChI=1S/C12H13F2N5O/c13-12(14)8-2-1-3-20-11(8,12)5-15-9-7-4-18-19-10(7)17-6-16-9/h4,6,8H,1-3,5H2,(H2,15,16,17,18,19)/t8-,11+/m1/s1. The number of anilines is 1. The lowest BCUT2D eigenvalue weighted by atomic mass is 10.1. The minimum Gasteiger partial charge on any atom is -0.366 e. The molecule has 8 heteroatoms. The van der Waals surface area contributed by atoms with Crippen molar-refractivity contribution in [3.8, 4) is 0 Å². The zero-order valence-electron chi connectivity index (χ0n) is 10.6. The fraction of sp³-hybridized carbons (Fsp3) is 0.583. The molecule has 0 amide bonds. The van der Waals surface area contributed by atoms with Crippen LogP contribution in [0.1, 0.15) is 12.8 Å². The summed E-state index contributed by atoms with van der Waals surface area (Å²) >= 11 is 0. The Balaban J connectivity index is 1.58. The molecular weight excluding hydrogens is 268 g/mol. The van der Waals surface area contributed by atoms with E-state index in [4.69, 9.17) is 4.74 Å². The molecule has 106 valence electrons. The van der Waals surface area contributed by atoms with E-state index >= 15 is 0 Å². The number of hydrogen-bond donors (Lipinski definition) is 2. The van der Waals surface area contributed by atoms with E-state index in [0.717, 1.165) is 0 Å². The van der Waals surface area contributed by atoms with E-state index in [2.05, 4.69) is 25.5 Å². The minimum atomic E-state index is -2.75. The Morgan fingerprint density at radius 2 is 2.35 bits per heavy atom. The Hall–Kier alpha value is -1.83. The van der Waals surface area contributed by atoms with Crippen LogP contribution in [-0.2, 0) is 4.74 Å². The van der Waals surface area contributed by atoms with Gasteiger partial charge in [-0.15, -0.1) is 0 Å². The first-order chi connectivity index (χ1) is 9.65. The number of H-pyrrole nitrogens is 1. The van der Waals surface area contributed by atoms with Gasteiger partial charge in [-0.25, -0.2) is 18.7 Å². The molecule has 3 heterocycles. The van der Waals surface area contributed by atoms with Crippen LogP contribution < -0.4 is 5.32 Å². The first kappa shape index (κ1) is 12.0. The molecular formula is C12H13F2N5O. The maximum atomic E-state index is 13.9. The Morgan fingerprint density at radius 1 is 1.45 bits per heavy atom. The lowest BCUT2D eigenvalue weighted by Gasteiger charge is -2.22. The fourth-order valence-electron chi connectivity index (χ4n) is 3.07. The zero-order valence-corrected chi connectivity index (χ0v) is 10.6.